The molecule has 1 aromatic carbocycles. The van der Waals surface area contributed by atoms with E-state index in [9.17, 15) is 4.79 Å². The van der Waals surface area contributed by atoms with Crippen LogP contribution in [0.25, 0.3) is 0 Å². The molecule has 0 aliphatic rings. The molecule has 0 aliphatic carbocycles. The van der Waals surface area contributed by atoms with E-state index in [1.165, 1.54) is 0 Å². The van der Waals surface area contributed by atoms with Gasteiger partial charge in [-0.25, -0.2) is 0 Å². The first kappa shape index (κ1) is 13.4. The number of amides is 1. The normalized spacial score (nSPS) is 10.4. The van der Waals surface area contributed by atoms with Crippen molar-refractivity contribution in [3.63, 3.8) is 0 Å². The fraction of sp³-hybridized carbons (Fsp3) is 0.167. The van der Waals surface area contributed by atoms with Gasteiger partial charge in [0.05, 0.1) is 17.3 Å². The quantitative estimate of drug-likeness (QED) is 0.837. The predicted octanol–water partition coefficient (Wildman–Crippen LogP) is 3.17. The molecule has 1 N–H and O–H groups in total. The maximum atomic E-state index is 11.9. The Morgan fingerprint density at radius 3 is 2.89 bits per heavy atom. The number of nitrogens with zero attached hydrogens (tertiary/aromatic N) is 1. The van der Waals surface area contributed by atoms with Crippen LogP contribution in [-0.2, 0) is 6.54 Å². The maximum absolute atomic E-state index is 11.9. The number of hydrogen-bond acceptors (Lipinski definition) is 3. The molecule has 2 rings (SSSR count). The molecule has 0 saturated heterocycles. The van der Waals surface area contributed by atoms with Crippen molar-refractivity contribution in [2.24, 2.45) is 0 Å². The second kappa shape index (κ2) is 5.71. The van der Waals surface area contributed by atoms with E-state index in [1.807, 2.05) is 6.92 Å². The van der Waals surface area contributed by atoms with E-state index in [1.54, 1.807) is 24.3 Å². The lowest BCUT2D eigenvalue weighted by atomic mass is 10.2. The van der Waals surface area contributed by atoms with Crippen LogP contribution in [0.15, 0.2) is 28.8 Å². The Labute approximate surface area is 123 Å². The van der Waals surface area contributed by atoms with E-state index in [0.29, 0.717) is 22.9 Å². The van der Waals surface area contributed by atoms with E-state index in [4.69, 9.17) is 16.1 Å². The topological polar surface area (TPSA) is 55.1 Å². The van der Waals surface area contributed by atoms with Crippen LogP contribution in [-0.4, -0.2) is 11.1 Å². The standard InChI is InChI=1S/C12H10ClIN2O2/c1-7-4-9(18-16-7)6-15-12(17)8-2-3-11(14)10(13)5-8/h2-5H,6H2,1H3,(H,15,17). The molecule has 0 spiro atoms. The van der Waals surface area contributed by atoms with Crippen LogP contribution in [0.2, 0.25) is 5.02 Å². The van der Waals surface area contributed by atoms with Crippen molar-refractivity contribution >= 4 is 40.1 Å². The Hall–Kier alpha value is -1.08. The Morgan fingerprint density at radius 1 is 1.50 bits per heavy atom. The highest BCUT2D eigenvalue weighted by molar-refractivity contribution is 14.1. The summed E-state index contributed by atoms with van der Waals surface area (Å²) < 4.78 is 5.91. The average molecular weight is 377 g/mol. The first-order valence-corrected chi connectivity index (χ1v) is 6.67. The van der Waals surface area contributed by atoms with Crippen molar-refractivity contribution in [2.45, 2.75) is 13.5 Å². The fourth-order valence-corrected chi connectivity index (χ4v) is 1.92. The van der Waals surface area contributed by atoms with Crippen molar-refractivity contribution in [1.82, 2.24) is 10.5 Å². The molecule has 4 nitrogen and oxygen atoms in total. The fourth-order valence-electron chi connectivity index (χ4n) is 1.41. The molecule has 0 fully saturated rings. The number of carbonyl (C=O) groups is 1. The highest BCUT2D eigenvalue weighted by atomic mass is 127. The van der Waals surface area contributed by atoms with Gasteiger partial charge in [0.1, 0.15) is 0 Å². The summed E-state index contributed by atoms with van der Waals surface area (Å²) in [6.45, 7) is 2.14. The van der Waals surface area contributed by atoms with Crippen LogP contribution in [0.5, 0.6) is 0 Å². The van der Waals surface area contributed by atoms with Crippen LogP contribution in [0, 0.1) is 10.5 Å². The number of carbonyl (C=O) groups excluding carboxylic acids is 1. The minimum absolute atomic E-state index is 0.192. The second-order valence-electron chi connectivity index (χ2n) is 3.75. The summed E-state index contributed by atoms with van der Waals surface area (Å²) in [5, 5.41) is 7.05. The minimum Gasteiger partial charge on any atom is -0.359 e. The van der Waals surface area contributed by atoms with Crippen molar-refractivity contribution < 1.29 is 9.32 Å². The number of aromatic nitrogens is 1. The van der Waals surface area contributed by atoms with Crippen LogP contribution < -0.4 is 5.32 Å². The van der Waals surface area contributed by atoms with E-state index in [-0.39, 0.29) is 5.91 Å². The lowest BCUT2D eigenvalue weighted by Gasteiger charge is -2.04. The molecule has 1 aromatic heterocycles. The average Bonchev–Trinajstić information content (AvgIpc) is 2.75. The SMILES string of the molecule is Cc1cc(CNC(=O)c2ccc(I)c(Cl)c2)on1. The first-order valence-electron chi connectivity index (χ1n) is 5.21. The molecule has 2 aromatic rings. The molecule has 0 bridgehead atoms. The molecule has 94 valence electrons. The molecule has 0 saturated carbocycles. The third kappa shape index (κ3) is 3.23. The summed E-state index contributed by atoms with van der Waals surface area (Å²) in [7, 11) is 0. The van der Waals surface area contributed by atoms with Gasteiger partial charge in [-0.15, -0.1) is 0 Å². The number of nitrogens with one attached hydrogen (secondary N) is 1. The van der Waals surface area contributed by atoms with E-state index in [2.05, 4.69) is 33.1 Å². The molecule has 0 radical (unpaired) electrons. The maximum Gasteiger partial charge on any atom is 0.251 e. The van der Waals surface area contributed by atoms with Crippen molar-refractivity contribution in [3.8, 4) is 0 Å². The zero-order chi connectivity index (χ0) is 13.1. The summed E-state index contributed by atoms with van der Waals surface area (Å²) in [6, 6.07) is 6.95. The summed E-state index contributed by atoms with van der Waals surface area (Å²) in [5.74, 6) is 0.430. The van der Waals surface area contributed by atoms with Gasteiger partial charge in [0.15, 0.2) is 5.76 Å². The van der Waals surface area contributed by atoms with Gasteiger partial charge in [0.2, 0.25) is 0 Å². The number of halogens is 2. The van der Waals surface area contributed by atoms with Crippen LogP contribution in [0.1, 0.15) is 21.8 Å². The molecular weight excluding hydrogens is 367 g/mol. The van der Waals surface area contributed by atoms with Gasteiger partial charge < -0.3 is 9.84 Å². The number of hydrogen-bond donors (Lipinski definition) is 1. The van der Waals surface area contributed by atoms with E-state index in [0.717, 1.165) is 9.26 Å². The number of aryl methyl sites for hydroxylation is 1. The predicted molar refractivity (Wildman–Crippen MR) is 76.6 cm³/mol. The number of rotatable bonds is 3. The van der Waals surface area contributed by atoms with Gasteiger partial charge in [-0.2, -0.15) is 0 Å². The largest absolute Gasteiger partial charge is 0.359 e. The van der Waals surface area contributed by atoms with Gasteiger partial charge in [-0.3, -0.25) is 4.79 Å². The minimum atomic E-state index is -0.192. The van der Waals surface area contributed by atoms with Crippen molar-refractivity contribution in [1.29, 1.82) is 0 Å². The van der Waals surface area contributed by atoms with Gasteiger partial charge in [0.25, 0.3) is 5.91 Å². The smallest absolute Gasteiger partial charge is 0.251 e. The summed E-state index contributed by atoms with van der Waals surface area (Å²) in [6.07, 6.45) is 0. The van der Waals surface area contributed by atoms with Crippen LogP contribution in [0.4, 0.5) is 0 Å². The first-order chi connectivity index (χ1) is 8.56. The molecule has 1 heterocycles. The molecule has 6 heteroatoms. The summed E-state index contributed by atoms with van der Waals surface area (Å²) in [5.41, 5.74) is 1.31. The Kier molecular flexibility index (Phi) is 4.23. The van der Waals surface area contributed by atoms with Crippen molar-refractivity contribution in [3.05, 3.63) is 49.9 Å². The van der Waals surface area contributed by atoms with Gasteiger partial charge >= 0.3 is 0 Å². The lowest BCUT2D eigenvalue weighted by molar-refractivity contribution is 0.0947. The van der Waals surface area contributed by atoms with Crippen LogP contribution in [0.3, 0.4) is 0 Å². The third-order valence-electron chi connectivity index (χ3n) is 2.28. The number of benzene rings is 1. The molecular formula is C12H10ClIN2O2. The van der Waals surface area contributed by atoms with Gasteiger partial charge in [-0.05, 0) is 47.7 Å². The zero-order valence-electron chi connectivity index (χ0n) is 9.54. The molecule has 18 heavy (non-hydrogen) atoms. The van der Waals surface area contributed by atoms with Gasteiger partial charge in [-0.1, -0.05) is 16.8 Å². The van der Waals surface area contributed by atoms with E-state index >= 15 is 0 Å². The Morgan fingerprint density at radius 2 is 2.28 bits per heavy atom. The molecule has 0 unspecified atom stereocenters. The summed E-state index contributed by atoms with van der Waals surface area (Å²) >= 11 is 8.07. The van der Waals surface area contributed by atoms with Gasteiger partial charge in [0, 0.05) is 15.2 Å². The van der Waals surface area contributed by atoms with Crippen molar-refractivity contribution in [2.75, 3.05) is 0 Å². The third-order valence-corrected chi connectivity index (χ3v) is 3.85. The monoisotopic (exact) mass is 376 g/mol. The zero-order valence-corrected chi connectivity index (χ0v) is 12.4. The molecule has 0 aliphatic heterocycles. The Balaban J connectivity index is 2.01. The second-order valence-corrected chi connectivity index (χ2v) is 5.32. The van der Waals surface area contributed by atoms with E-state index < -0.39 is 0 Å². The Bertz CT molecular complexity index is 583. The molecule has 0 atom stereocenters. The lowest BCUT2D eigenvalue weighted by Crippen LogP contribution is -2.22. The molecule has 1 amide bonds. The highest BCUT2D eigenvalue weighted by Crippen LogP contribution is 2.19. The summed E-state index contributed by atoms with van der Waals surface area (Å²) in [4.78, 5) is 11.9. The van der Waals surface area contributed by atoms with Crippen LogP contribution >= 0.6 is 34.2 Å². The highest BCUT2D eigenvalue weighted by Gasteiger charge is 2.09.